The maximum absolute atomic E-state index is 13.7. The Hall–Kier alpha value is -2.94. The van der Waals surface area contributed by atoms with Crippen LogP contribution in [0.15, 0.2) is 42.5 Å². The summed E-state index contributed by atoms with van der Waals surface area (Å²) in [5, 5.41) is 4.44. The van der Waals surface area contributed by atoms with Gasteiger partial charge in [-0.3, -0.25) is 9.59 Å². The summed E-state index contributed by atoms with van der Waals surface area (Å²) in [5.41, 5.74) is -2.12. The zero-order valence-electron chi connectivity index (χ0n) is 16.5. The molecule has 9 heteroatoms. The molecule has 0 radical (unpaired) electrons. The van der Waals surface area contributed by atoms with Crippen LogP contribution in [0.3, 0.4) is 0 Å². The summed E-state index contributed by atoms with van der Waals surface area (Å²) in [6, 6.07) is 7.99. The number of carbonyl (C=O) groups excluding carboxylic acids is 2. The molecular formula is C21H22F4N2O3. The Balaban J connectivity index is 2.20. The largest absolute Gasteiger partial charge is 0.418 e. The van der Waals surface area contributed by atoms with Crippen LogP contribution >= 0.6 is 0 Å². The maximum atomic E-state index is 13.7. The van der Waals surface area contributed by atoms with Gasteiger partial charge in [0.2, 0.25) is 0 Å². The summed E-state index contributed by atoms with van der Waals surface area (Å²) in [4.78, 5) is 24.3. The van der Waals surface area contributed by atoms with Gasteiger partial charge in [-0.15, -0.1) is 0 Å². The minimum absolute atomic E-state index is 0.194. The van der Waals surface area contributed by atoms with Crippen LogP contribution in [0.5, 0.6) is 0 Å². The first-order chi connectivity index (χ1) is 14.1. The minimum Gasteiger partial charge on any atom is -0.369 e. The molecule has 2 rings (SSSR count). The van der Waals surface area contributed by atoms with E-state index in [1.54, 1.807) is 0 Å². The first-order valence-electron chi connectivity index (χ1n) is 9.33. The zero-order chi connectivity index (χ0) is 22.3. The Bertz CT molecular complexity index is 900. The summed E-state index contributed by atoms with van der Waals surface area (Å²) in [6.07, 6.45) is -4.15. The molecule has 162 valence electrons. The van der Waals surface area contributed by atoms with Gasteiger partial charge in [0.1, 0.15) is 11.9 Å². The van der Waals surface area contributed by atoms with Gasteiger partial charge in [0.05, 0.1) is 16.8 Å². The Morgan fingerprint density at radius 2 is 1.80 bits per heavy atom. The predicted molar refractivity (Wildman–Crippen MR) is 105 cm³/mol. The lowest BCUT2D eigenvalue weighted by atomic mass is 10.1. The molecule has 0 saturated heterocycles. The molecule has 0 aliphatic carbocycles. The van der Waals surface area contributed by atoms with Gasteiger partial charge in [-0.05, 0) is 43.7 Å². The summed E-state index contributed by atoms with van der Waals surface area (Å²) < 4.78 is 59.5. The topological polar surface area (TPSA) is 67.4 Å². The smallest absolute Gasteiger partial charge is 0.369 e. The number of nitrogens with one attached hydrogen (secondary N) is 2. The molecule has 0 aliphatic rings. The van der Waals surface area contributed by atoms with E-state index < -0.39 is 41.2 Å². The van der Waals surface area contributed by atoms with Crippen LogP contribution in [-0.2, 0) is 15.7 Å². The first-order valence-corrected chi connectivity index (χ1v) is 9.33. The molecular weight excluding hydrogens is 404 g/mol. The second-order valence-corrected chi connectivity index (χ2v) is 6.55. The normalized spacial score (nSPS) is 12.3. The van der Waals surface area contributed by atoms with Crippen molar-refractivity contribution in [2.24, 2.45) is 0 Å². The van der Waals surface area contributed by atoms with Crippen molar-refractivity contribution in [3.05, 3.63) is 59.4 Å². The van der Waals surface area contributed by atoms with Crippen molar-refractivity contribution >= 4 is 23.2 Å². The first kappa shape index (κ1) is 23.3. The van der Waals surface area contributed by atoms with E-state index in [1.807, 2.05) is 6.92 Å². The number of alkyl halides is 3. The van der Waals surface area contributed by atoms with E-state index in [0.29, 0.717) is 12.7 Å². The second-order valence-electron chi connectivity index (χ2n) is 6.55. The highest BCUT2D eigenvalue weighted by Crippen LogP contribution is 2.36. The average Bonchev–Trinajstić information content (AvgIpc) is 2.68. The molecule has 2 aromatic rings. The number of unbranched alkanes of at least 4 members (excludes halogenated alkanes) is 1. The van der Waals surface area contributed by atoms with Crippen molar-refractivity contribution < 1.29 is 31.9 Å². The minimum atomic E-state index is -4.80. The number of ether oxygens (including phenoxy) is 1. The molecule has 1 unspecified atom stereocenters. The Morgan fingerprint density at radius 3 is 2.43 bits per heavy atom. The van der Waals surface area contributed by atoms with E-state index in [-0.39, 0.29) is 11.3 Å². The SMILES string of the molecule is CCCCOC(C)C(=O)Nc1ccc(NC(=O)c2ccccc2F)cc1C(F)(F)F. The van der Waals surface area contributed by atoms with Crippen molar-refractivity contribution in [2.45, 2.75) is 39.0 Å². The summed E-state index contributed by atoms with van der Waals surface area (Å²) in [6.45, 7) is 3.70. The molecule has 2 N–H and O–H groups in total. The highest BCUT2D eigenvalue weighted by atomic mass is 19.4. The molecule has 0 aromatic heterocycles. The van der Waals surface area contributed by atoms with Crippen LogP contribution in [0.1, 0.15) is 42.6 Å². The number of hydrogen-bond acceptors (Lipinski definition) is 3. The van der Waals surface area contributed by atoms with Gasteiger partial charge in [-0.25, -0.2) is 4.39 Å². The molecule has 0 bridgehead atoms. The lowest BCUT2D eigenvalue weighted by molar-refractivity contribution is -0.137. The van der Waals surface area contributed by atoms with E-state index in [0.717, 1.165) is 25.0 Å². The van der Waals surface area contributed by atoms with Gasteiger partial charge >= 0.3 is 6.18 Å². The van der Waals surface area contributed by atoms with E-state index in [4.69, 9.17) is 4.74 Å². The molecule has 2 amide bonds. The third-order valence-corrected chi connectivity index (χ3v) is 4.19. The van der Waals surface area contributed by atoms with Gasteiger partial charge in [0, 0.05) is 12.3 Å². The van der Waals surface area contributed by atoms with Crippen LogP contribution in [0, 0.1) is 5.82 Å². The Morgan fingerprint density at radius 1 is 1.10 bits per heavy atom. The zero-order valence-corrected chi connectivity index (χ0v) is 16.5. The van der Waals surface area contributed by atoms with Crippen molar-refractivity contribution in [2.75, 3.05) is 17.2 Å². The van der Waals surface area contributed by atoms with Gasteiger partial charge < -0.3 is 15.4 Å². The standard InChI is InChI=1S/C21H22F4N2O3/c1-3-4-11-30-13(2)19(28)27-18-10-9-14(12-16(18)21(23,24)25)26-20(29)15-7-5-6-8-17(15)22/h5-10,12-13H,3-4,11H2,1-2H3,(H,26,29)(H,27,28). The molecule has 0 spiro atoms. The Labute approximate surface area is 171 Å². The van der Waals surface area contributed by atoms with Crippen LogP contribution in [0.25, 0.3) is 0 Å². The molecule has 0 aliphatic heterocycles. The van der Waals surface area contributed by atoms with Crippen molar-refractivity contribution in [3.8, 4) is 0 Å². The molecule has 0 saturated carbocycles. The third-order valence-electron chi connectivity index (χ3n) is 4.19. The molecule has 0 heterocycles. The van der Waals surface area contributed by atoms with Crippen LogP contribution in [-0.4, -0.2) is 24.5 Å². The summed E-state index contributed by atoms with van der Waals surface area (Å²) in [5.74, 6) is -2.41. The van der Waals surface area contributed by atoms with Crippen molar-refractivity contribution in [1.82, 2.24) is 0 Å². The van der Waals surface area contributed by atoms with E-state index in [2.05, 4.69) is 10.6 Å². The van der Waals surface area contributed by atoms with Gasteiger partial charge in [0.15, 0.2) is 0 Å². The molecule has 30 heavy (non-hydrogen) atoms. The lowest BCUT2D eigenvalue weighted by Crippen LogP contribution is -2.29. The highest BCUT2D eigenvalue weighted by molar-refractivity contribution is 6.04. The van der Waals surface area contributed by atoms with E-state index >= 15 is 0 Å². The van der Waals surface area contributed by atoms with Gasteiger partial charge in [-0.2, -0.15) is 13.2 Å². The number of anilines is 2. The van der Waals surface area contributed by atoms with Crippen LogP contribution in [0.4, 0.5) is 28.9 Å². The fourth-order valence-corrected chi connectivity index (χ4v) is 2.52. The fourth-order valence-electron chi connectivity index (χ4n) is 2.52. The number of amides is 2. The van der Waals surface area contributed by atoms with Crippen molar-refractivity contribution in [1.29, 1.82) is 0 Å². The quantitative estimate of drug-likeness (QED) is 0.448. The van der Waals surface area contributed by atoms with Crippen LogP contribution in [0.2, 0.25) is 0 Å². The summed E-state index contributed by atoms with van der Waals surface area (Å²) >= 11 is 0. The van der Waals surface area contributed by atoms with Gasteiger partial charge in [-0.1, -0.05) is 25.5 Å². The van der Waals surface area contributed by atoms with Crippen molar-refractivity contribution in [3.63, 3.8) is 0 Å². The highest BCUT2D eigenvalue weighted by Gasteiger charge is 2.35. The number of benzene rings is 2. The molecule has 2 aromatic carbocycles. The monoisotopic (exact) mass is 426 g/mol. The fraction of sp³-hybridized carbons (Fsp3) is 0.333. The molecule has 1 atom stereocenters. The van der Waals surface area contributed by atoms with Crippen LogP contribution < -0.4 is 10.6 Å². The third kappa shape index (κ3) is 6.28. The lowest BCUT2D eigenvalue weighted by Gasteiger charge is -2.18. The molecule has 0 fully saturated rings. The van der Waals surface area contributed by atoms with E-state index in [9.17, 15) is 27.2 Å². The molecule has 5 nitrogen and oxygen atoms in total. The number of rotatable bonds is 8. The average molecular weight is 426 g/mol. The Kier molecular flexibility index (Phi) is 7.93. The number of halogens is 4. The van der Waals surface area contributed by atoms with Gasteiger partial charge in [0.25, 0.3) is 11.8 Å². The second kappa shape index (κ2) is 10.2. The number of carbonyl (C=O) groups is 2. The predicted octanol–water partition coefficient (Wildman–Crippen LogP) is 5.24. The summed E-state index contributed by atoms with van der Waals surface area (Å²) in [7, 11) is 0. The number of hydrogen-bond donors (Lipinski definition) is 2. The maximum Gasteiger partial charge on any atom is 0.418 e. The van der Waals surface area contributed by atoms with E-state index in [1.165, 1.54) is 31.2 Å².